The minimum absolute atomic E-state index is 0.103. The SMILES string of the molecule is Cc1ccc(Cn2cc(COC(=O)N(C)Cc3ccccc3)nn2)cc1. The molecular formula is C20H22N4O2. The van der Waals surface area contributed by atoms with E-state index in [2.05, 4.69) is 41.5 Å². The Morgan fingerprint density at radius 2 is 1.81 bits per heavy atom. The minimum Gasteiger partial charge on any atom is -0.443 e. The number of ether oxygens (including phenoxy) is 1. The fourth-order valence-corrected chi connectivity index (χ4v) is 2.53. The van der Waals surface area contributed by atoms with Crippen LogP contribution < -0.4 is 0 Å². The van der Waals surface area contributed by atoms with E-state index in [1.807, 2.05) is 30.3 Å². The highest BCUT2D eigenvalue weighted by Gasteiger charge is 2.12. The largest absolute Gasteiger partial charge is 0.443 e. The lowest BCUT2D eigenvalue weighted by atomic mass is 10.1. The molecular weight excluding hydrogens is 328 g/mol. The first kappa shape index (κ1) is 17.7. The summed E-state index contributed by atoms with van der Waals surface area (Å²) < 4.78 is 7.05. The molecule has 6 nitrogen and oxygen atoms in total. The smallest absolute Gasteiger partial charge is 0.410 e. The lowest BCUT2D eigenvalue weighted by Crippen LogP contribution is -2.26. The Balaban J connectivity index is 1.49. The van der Waals surface area contributed by atoms with Crippen molar-refractivity contribution in [3.05, 3.63) is 83.2 Å². The van der Waals surface area contributed by atoms with Gasteiger partial charge in [0.15, 0.2) is 0 Å². The van der Waals surface area contributed by atoms with Gasteiger partial charge in [0, 0.05) is 13.6 Å². The number of aryl methyl sites for hydroxylation is 1. The zero-order chi connectivity index (χ0) is 18.4. The Morgan fingerprint density at radius 3 is 2.54 bits per heavy atom. The molecule has 3 rings (SSSR count). The number of aromatic nitrogens is 3. The standard InChI is InChI=1S/C20H22N4O2/c1-16-8-10-18(11-9-16)13-24-14-19(21-22-24)15-26-20(25)23(2)12-17-6-4-3-5-7-17/h3-11,14H,12-13,15H2,1-2H3. The molecule has 2 aromatic carbocycles. The maximum absolute atomic E-state index is 12.1. The molecule has 0 aliphatic carbocycles. The highest BCUT2D eigenvalue weighted by Crippen LogP contribution is 2.07. The Bertz CT molecular complexity index is 844. The summed E-state index contributed by atoms with van der Waals surface area (Å²) in [4.78, 5) is 13.6. The molecule has 0 aliphatic rings. The molecule has 26 heavy (non-hydrogen) atoms. The Morgan fingerprint density at radius 1 is 1.08 bits per heavy atom. The van der Waals surface area contributed by atoms with Gasteiger partial charge >= 0.3 is 6.09 Å². The van der Waals surface area contributed by atoms with E-state index < -0.39 is 0 Å². The number of benzene rings is 2. The lowest BCUT2D eigenvalue weighted by molar-refractivity contribution is 0.101. The van der Waals surface area contributed by atoms with Crippen LogP contribution in [0, 0.1) is 6.92 Å². The van der Waals surface area contributed by atoms with Crippen molar-refractivity contribution in [2.75, 3.05) is 7.05 Å². The molecule has 1 aromatic heterocycles. The third-order valence-corrected chi connectivity index (χ3v) is 3.97. The molecule has 0 saturated heterocycles. The number of carbonyl (C=O) groups is 1. The zero-order valence-corrected chi connectivity index (χ0v) is 15.0. The summed E-state index contributed by atoms with van der Waals surface area (Å²) in [5, 5.41) is 8.15. The molecule has 0 bridgehead atoms. The van der Waals surface area contributed by atoms with Gasteiger partial charge in [0.1, 0.15) is 12.3 Å². The van der Waals surface area contributed by atoms with E-state index in [9.17, 15) is 4.79 Å². The summed E-state index contributed by atoms with van der Waals surface area (Å²) in [6.07, 6.45) is 1.41. The van der Waals surface area contributed by atoms with Gasteiger partial charge in [0.25, 0.3) is 0 Å². The van der Waals surface area contributed by atoms with Gasteiger partial charge in [0.05, 0.1) is 12.7 Å². The molecule has 0 radical (unpaired) electrons. The zero-order valence-electron chi connectivity index (χ0n) is 15.0. The van der Waals surface area contributed by atoms with Crippen LogP contribution in [0.3, 0.4) is 0 Å². The van der Waals surface area contributed by atoms with Gasteiger partial charge in [-0.25, -0.2) is 9.48 Å². The number of nitrogens with zero attached hydrogens (tertiary/aromatic N) is 4. The molecule has 6 heteroatoms. The van der Waals surface area contributed by atoms with E-state index in [1.165, 1.54) is 10.5 Å². The molecule has 0 N–H and O–H groups in total. The van der Waals surface area contributed by atoms with E-state index in [0.717, 1.165) is 11.1 Å². The van der Waals surface area contributed by atoms with E-state index in [1.54, 1.807) is 17.9 Å². The van der Waals surface area contributed by atoms with Gasteiger partial charge in [-0.1, -0.05) is 65.4 Å². The van der Waals surface area contributed by atoms with Crippen molar-refractivity contribution >= 4 is 6.09 Å². The molecule has 0 fully saturated rings. The molecule has 0 unspecified atom stereocenters. The quantitative estimate of drug-likeness (QED) is 0.684. The second kappa shape index (κ2) is 8.29. The molecule has 1 amide bonds. The molecule has 0 saturated carbocycles. The molecule has 1 heterocycles. The average Bonchev–Trinajstić information content (AvgIpc) is 3.10. The summed E-state index contributed by atoms with van der Waals surface area (Å²) in [5.41, 5.74) is 4.04. The Hall–Kier alpha value is -3.15. The van der Waals surface area contributed by atoms with Crippen molar-refractivity contribution in [1.82, 2.24) is 19.9 Å². The first-order valence-corrected chi connectivity index (χ1v) is 8.46. The van der Waals surface area contributed by atoms with Gasteiger partial charge < -0.3 is 9.64 Å². The highest BCUT2D eigenvalue weighted by atomic mass is 16.6. The van der Waals surface area contributed by atoms with Crippen LogP contribution in [0.15, 0.2) is 60.8 Å². The van der Waals surface area contributed by atoms with Crippen molar-refractivity contribution in [2.45, 2.75) is 26.6 Å². The van der Waals surface area contributed by atoms with Crippen molar-refractivity contribution in [2.24, 2.45) is 0 Å². The van der Waals surface area contributed by atoms with Gasteiger partial charge in [0.2, 0.25) is 0 Å². The summed E-state index contributed by atoms with van der Waals surface area (Å²) in [5.74, 6) is 0. The van der Waals surface area contributed by atoms with E-state index in [4.69, 9.17) is 4.74 Å². The van der Waals surface area contributed by atoms with Crippen LogP contribution in [-0.4, -0.2) is 33.0 Å². The van der Waals surface area contributed by atoms with E-state index >= 15 is 0 Å². The predicted molar refractivity (Wildman–Crippen MR) is 98.4 cm³/mol. The average molecular weight is 350 g/mol. The molecule has 0 aliphatic heterocycles. The third kappa shape index (κ3) is 4.92. The van der Waals surface area contributed by atoms with Crippen LogP contribution >= 0.6 is 0 Å². The number of rotatable bonds is 6. The maximum atomic E-state index is 12.1. The highest BCUT2D eigenvalue weighted by molar-refractivity contribution is 5.67. The predicted octanol–water partition coefficient (Wildman–Crippen LogP) is 3.40. The van der Waals surface area contributed by atoms with Crippen molar-refractivity contribution < 1.29 is 9.53 Å². The van der Waals surface area contributed by atoms with Gasteiger partial charge in [-0.05, 0) is 18.1 Å². The van der Waals surface area contributed by atoms with Crippen LogP contribution in [0.4, 0.5) is 4.79 Å². The van der Waals surface area contributed by atoms with Gasteiger partial charge in [-0.2, -0.15) is 0 Å². The van der Waals surface area contributed by atoms with Gasteiger partial charge in [-0.15, -0.1) is 5.10 Å². The van der Waals surface area contributed by atoms with Crippen molar-refractivity contribution in [3.8, 4) is 0 Å². The monoisotopic (exact) mass is 350 g/mol. The summed E-state index contributed by atoms with van der Waals surface area (Å²) in [7, 11) is 1.71. The van der Waals surface area contributed by atoms with Crippen molar-refractivity contribution in [3.63, 3.8) is 0 Å². The summed E-state index contributed by atoms with van der Waals surface area (Å²) in [6, 6.07) is 18.0. The molecule has 3 aromatic rings. The van der Waals surface area contributed by atoms with Crippen LogP contribution in [0.5, 0.6) is 0 Å². The topological polar surface area (TPSA) is 60.2 Å². The Kier molecular flexibility index (Phi) is 5.63. The number of hydrogen-bond acceptors (Lipinski definition) is 4. The number of amides is 1. The normalized spacial score (nSPS) is 10.5. The number of carbonyl (C=O) groups excluding carboxylic acids is 1. The lowest BCUT2D eigenvalue weighted by Gasteiger charge is -2.16. The van der Waals surface area contributed by atoms with E-state index in [-0.39, 0.29) is 12.7 Å². The van der Waals surface area contributed by atoms with E-state index in [0.29, 0.717) is 18.8 Å². The van der Waals surface area contributed by atoms with Crippen LogP contribution in [0.25, 0.3) is 0 Å². The fourth-order valence-electron chi connectivity index (χ4n) is 2.53. The summed E-state index contributed by atoms with van der Waals surface area (Å²) >= 11 is 0. The van der Waals surface area contributed by atoms with Crippen molar-refractivity contribution in [1.29, 1.82) is 0 Å². The van der Waals surface area contributed by atoms with Crippen LogP contribution in [0.2, 0.25) is 0 Å². The molecule has 0 atom stereocenters. The van der Waals surface area contributed by atoms with Crippen LogP contribution in [-0.2, 0) is 24.4 Å². The fraction of sp³-hybridized carbons (Fsp3) is 0.250. The van der Waals surface area contributed by atoms with Gasteiger partial charge in [-0.3, -0.25) is 0 Å². The third-order valence-electron chi connectivity index (χ3n) is 3.97. The molecule has 0 spiro atoms. The Labute approximate surface area is 153 Å². The second-order valence-corrected chi connectivity index (χ2v) is 6.29. The maximum Gasteiger partial charge on any atom is 0.410 e. The number of hydrogen-bond donors (Lipinski definition) is 0. The second-order valence-electron chi connectivity index (χ2n) is 6.29. The summed E-state index contributed by atoms with van der Waals surface area (Å²) in [6.45, 7) is 3.29. The first-order chi connectivity index (χ1) is 12.6. The minimum atomic E-state index is -0.387. The molecule has 134 valence electrons. The first-order valence-electron chi connectivity index (χ1n) is 8.46. The van der Waals surface area contributed by atoms with Crippen LogP contribution in [0.1, 0.15) is 22.4 Å².